The Labute approximate surface area is 116 Å². The Morgan fingerprint density at radius 2 is 2.11 bits per heavy atom. The van der Waals surface area contributed by atoms with Gasteiger partial charge in [0.15, 0.2) is 4.21 Å². The number of aryl methyl sites for hydroxylation is 1. The topological polar surface area (TPSA) is 85.4 Å². The van der Waals surface area contributed by atoms with Gasteiger partial charge in [-0.1, -0.05) is 0 Å². The molecule has 0 radical (unpaired) electrons. The van der Waals surface area contributed by atoms with Gasteiger partial charge in [-0.15, -0.1) is 11.3 Å². The van der Waals surface area contributed by atoms with Crippen molar-refractivity contribution < 1.29 is 17.9 Å². The lowest BCUT2D eigenvalue weighted by atomic mass is 10.0. The average Bonchev–Trinajstić information content (AvgIpc) is 2.97. The smallest absolute Gasteiger partial charge is 0.275 e. The number of sulfonamides is 1. The highest BCUT2D eigenvalue weighted by Gasteiger charge is 2.43. The minimum absolute atomic E-state index is 0.0441. The van der Waals surface area contributed by atoms with E-state index >= 15 is 0 Å². The number of thiazole rings is 1. The molecule has 2 rings (SSSR count). The highest BCUT2D eigenvalue weighted by Crippen LogP contribution is 2.33. The van der Waals surface area contributed by atoms with Crippen LogP contribution in [-0.2, 0) is 19.6 Å². The SMILES string of the molecule is COC1(C(=O)NS(=O)(=O)c2cnc(C)s2)CCCC1. The normalized spacial score (nSPS) is 18.4. The van der Waals surface area contributed by atoms with Gasteiger partial charge in [0.05, 0.1) is 11.2 Å². The highest BCUT2D eigenvalue weighted by molar-refractivity contribution is 7.92. The molecule has 0 saturated heterocycles. The molecule has 1 aromatic rings. The monoisotopic (exact) mass is 304 g/mol. The summed E-state index contributed by atoms with van der Waals surface area (Å²) in [5, 5.41) is 0.634. The molecule has 19 heavy (non-hydrogen) atoms. The Kier molecular flexibility index (Phi) is 3.93. The van der Waals surface area contributed by atoms with Gasteiger partial charge in [-0.3, -0.25) is 4.79 Å². The standard InChI is InChI=1S/C11H16N2O4S2/c1-8-12-7-9(18-8)19(15,16)13-10(14)11(17-2)5-3-4-6-11/h7H,3-6H2,1-2H3,(H,13,14). The van der Waals surface area contributed by atoms with Crippen molar-refractivity contribution in [2.45, 2.75) is 42.4 Å². The first kappa shape index (κ1) is 14.4. The lowest BCUT2D eigenvalue weighted by Crippen LogP contribution is -2.48. The summed E-state index contributed by atoms with van der Waals surface area (Å²) in [6, 6.07) is 0. The number of nitrogens with zero attached hydrogens (tertiary/aromatic N) is 1. The molecule has 0 unspecified atom stereocenters. The summed E-state index contributed by atoms with van der Waals surface area (Å²) in [4.78, 5) is 16.0. The van der Waals surface area contributed by atoms with E-state index < -0.39 is 21.5 Å². The zero-order valence-corrected chi connectivity index (χ0v) is 12.4. The number of ether oxygens (including phenoxy) is 1. The Morgan fingerprint density at radius 1 is 1.47 bits per heavy atom. The molecule has 1 aliphatic rings. The highest BCUT2D eigenvalue weighted by atomic mass is 32.2. The Balaban J connectivity index is 2.18. The number of carbonyl (C=O) groups excluding carboxylic acids is 1. The molecule has 1 heterocycles. The average molecular weight is 304 g/mol. The van der Waals surface area contributed by atoms with E-state index in [0.29, 0.717) is 17.8 Å². The summed E-state index contributed by atoms with van der Waals surface area (Å²) in [5.74, 6) is -0.585. The number of carbonyl (C=O) groups is 1. The van der Waals surface area contributed by atoms with Crippen LogP contribution in [0.5, 0.6) is 0 Å². The predicted molar refractivity (Wildman–Crippen MR) is 70.4 cm³/mol. The van der Waals surface area contributed by atoms with Crippen LogP contribution in [0.2, 0.25) is 0 Å². The van der Waals surface area contributed by atoms with Gasteiger partial charge in [0.25, 0.3) is 15.9 Å². The molecule has 8 heteroatoms. The maximum atomic E-state index is 12.2. The minimum atomic E-state index is -3.85. The lowest BCUT2D eigenvalue weighted by Gasteiger charge is -2.25. The molecule has 1 aromatic heterocycles. The predicted octanol–water partition coefficient (Wildman–Crippen LogP) is 1.22. The van der Waals surface area contributed by atoms with E-state index in [-0.39, 0.29) is 4.21 Å². The molecule has 6 nitrogen and oxygen atoms in total. The number of aromatic nitrogens is 1. The summed E-state index contributed by atoms with van der Waals surface area (Å²) >= 11 is 1.03. The van der Waals surface area contributed by atoms with E-state index in [2.05, 4.69) is 9.71 Å². The van der Waals surface area contributed by atoms with Crippen molar-refractivity contribution in [3.8, 4) is 0 Å². The van der Waals surface area contributed by atoms with Crippen LogP contribution in [-0.4, -0.2) is 32.0 Å². The van der Waals surface area contributed by atoms with Gasteiger partial charge in [-0.25, -0.2) is 18.1 Å². The number of rotatable bonds is 4. The van der Waals surface area contributed by atoms with Crippen molar-refractivity contribution in [1.82, 2.24) is 9.71 Å². The molecule has 1 saturated carbocycles. The van der Waals surface area contributed by atoms with E-state index in [1.54, 1.807) is 6.92 Å². The molecule has 1 aliphatic carbocycles. The number of nitrogens with one attached hydrogen (secondary N) is 1. The molecular formula is C11H16N2O4S2. The summed E-state index contributed by atoms with van der Waals surface area (Å²) in [7, 11) is -2.41. The second-order valence-electron chi connectivity index (χ2n) is 4.54. The third-order valence-electron chi connectivity index (χ3n) is 3.31. The van der Waals surface area contributed by atoms with Crippen molar-refractivity contribution in [3.63, 3.8) is 0 Å². The number of amides is 1. The van der Waals surface area contributed by atoms with Gasteiger partial charge in [-0.2, -0.15) is 0 Å². The van der Waals surface area contributed by atoms with E-state index in [1.807, 2.05) is 0 Å². The summed E-state index contributed by atoms with van der Waals surface area (Å²) in [6.07, 6.45) is 4.07. The van der Waals surface area contributed by atoms with Gasteiger partial charge in [0.1, 0.15) is 5.60 Å². The van der Waals surface area contributed by atoms with Crippen LogP contribution in [0.15, 0.2) is 10.4 Å². The van der Waals surface area contributed by atoms with Crippen molar-refractivity contribution in [3.05, 3.63) is 11.2 Å². The fourth-order valence-electron chi connectivity index (χ4n) is 2.20. The molecule has 0 aliphatic heterocycles. The summed E-state index contributed by atoms with van der Waals surface area (Å²) in [5.41, 5.74) is -1.01. The van der Waals surface area contributed by atoms with Gasteiger partial charge in [0.2, 0.25) is 0 Å². The fourth-order valence-corrected chi connectivity index (χ4v) is 4.35. The molecule has 0 spiro atoms. The van der Waals surface area contributed by atoms with Crippen LogP contribution in [0, 0.1) is 6.92 Å². The first-order valence-electron chi connectivity index (χ1n) is 5.94. The first-order chi connectivity index (χ1) is 8.89. The zero-order valence-electron chi connectivity index (χ0n) is 10.8. The van der Waals surface area contributed by atoms with E-state index in [1.165, 1.54) is 13.3 Å². The van der Waals surface area contributed by atoms with Crippen LogP contribution in [0.25, 0.3) is 0 Å². The van der Waals surface area contributed by atoms with Crippen LogP contribution in [0.4, 0.5) is 0 Å². The Hall–Kier alpha value is -0.990. The summed E-state index contributed by atoms with van der Waals surface area (Å²) < 4.78 is 31.5. The van der Waals surface area contributed by atoms with Gasteiger partial charge in [-0.05, 0) is 32.6 Å². The first-order valence-corrected chi connectivity index (χ1v) is 8.24. The van der Waals surface area contributed by atoms with Crippen LogP contribution >= 0.6 is 11.3 Å². The maximum Gasteiger partial charge on any atom is 0.275 e. The number of hydrogen-bond donors (Lipinski definition) is 1. The minimum Gasteiger partial charge on any atom is -0.368 e. The Morgan fingerprint density at radius 3 is 2.58 bits per heavy atom. The number of methoxy groups -OCH3 is 1. The fraction of sp³-hybridized carbons (Fsp3) is 0.636. The van der Waals surface area contributed by atoms with E-state index in [9.17, 15) is 13.2 Å². The molecule has 1 amide bonds. The number of hydrogen-bond acceptors (Lipinski definition) is 6. The quantitative estimate of drug-likeness (QED) is 0.904. The zero-order chi connectivity index (χ0) is 14.1. The van der Waals surface area contributed by atoms with Gasteiger partial charge in [0, 0.05) is 7.11 Å². The largest absolute Gasteiger partial charge is 0.368 e. The van der Waals surface area contributed by atoms with Crippen molar-refractivity contribution in [1.29, 1.82) is 0 Å². The molecular weight excluding hydrogens is 288 g/mol. The molecule has 1 fully saturated rings. The third kappa shape index (κ3) is 2.80. The molecule has 0 aromatic carbocycles. The summed E-state index contributed by atoms with van der Waals surface area (Å²) in [6.45, 7) is 1.71. The second-order valence-corrected chi connectivity index (χ2v) is 7.68. The van der Waals surface area contributed by atoms with Crippen LogP contribution in [0.3, 0.4) is 0 Å². The molecule has 0 bridgehead atoms. The van der Waals surface area contributed by atoms with Crippen molar-refractivity contribution in [2.24, 2.45) is 0 Å². The maximum absolute atomic E-state index is 12.2. The van der Waals surface area contributed by atoms with Crippen molar-refractivity contribution >= 4 is 27.3 Å². The van der Waals surface area contributed by atoms with Gasteiger partial charge >= 0.3 is 0 Å². The Bertz CT molecular complexity index is 573. The second kappa shape index (κ2) is 5.18. The molecule has 0 atom stereocenters. The van der Waals surface area contributed by atoms with Crippen LogP contribution < -0.4 is 4.72 Å². The van der Waals surface area contributed by atoms with Crippen molar-refractivity contribution in [2.75, 3.05) is 7.11 Å². The lowest BCUT2D eigenvalue weighted by molar-refractivity contribution is -0.140. The van der Waals surface area contributed by atoms with E-state index in [4.69, 9.17) is 4.74 Å². The van der Waals surface area contributed by atoms with E-state index in [0.717, 1.165) is 24.2 Å². The van der Waals surface area contributed by atoms with Gasteiger partial charge < -0.3 is 4.74 Å². The molecule has 1 N–H and O–H groups in total. The molecule has 106 valence electrons. The third-order valence-corrected chi connectivity index (χ3v) is 6.01. The van der Waals surface area contributed by atoms with Crippen LogP contribution in [0.1, 0.15) is 30.7 Å².